The van der Waals surface area contributed by atoms with E-state index in [9.17, 15) is 18.0 Å². The minimum atomic E-state index is -4.15. The summed E-state index contributed by atoms with van der Waals surface area (Å²) in [7, 11) is -4.15. The first kappa shape index (κ1) is 34.4. The average Bonchev–Trinajstić information content (AvgIpc) is 3.57. The normalized spacial score (nSPS) is 14.0. The molecule has 2 amide bonds. The summed E-state index contributed by atoms with van der Waals surface area (Å²) in [6, 6.07) is 28.4. The van der Waals surface area contributed by atoms with Gasteiger partial charge in [-0.25, -0.2) is 8.42 Å². The Hall–Kier alpha value is -3.95. The van der Waals surface area contributed by atoms with Gasteiger partial charge in [0.1, 0.15) is 12.6 Å². The molecule has 4 aromatic carbocycles. The van der Waals surface area contributed by atoms with Crippen molar-refractivity contribution < 1.29 is 18.0 Å². The number of carbonyl (C=O) groups excluding carboxylic acids is 2. The second-order valence-electron chi connectivity index (χ2n) is 12.4. The van der Waals surface area contributed by atoms with E-state index in [0.29, 0.717) is 5.69 Å². The highest BCUT2D eigenvalue weighted by Crippen LogP contribution is 2.28. The number of nitrogens with zero attached hydrogens (tertiary/aromatic N) is 2. The number of benzene rings is 4. The van der Waals surface area contributed by atoms with Crippen molar-refractivity contribution in [3.8, 4) is 0 Å². The molecule has 0 aliphatic heterocycles. The molecule has 1 N–H and O–H groups in total. The zero-order valence-electron chi connectivity index (χ0n) is 27.2. The highest BCUT2D eigenvalue weighted by Gasteiger charge is 2.35. The maximum atomic E-state index is 14.7. The lowest BCUT2D eigenvalue weighted by Crippen LogP contribution is -2.54. The molecule has 246 valence electrons. The van der Waals surface area contributed by atoms with Crippen LogP contribution < -0.4 is 9.62 Å². The van der Waals surface area contributed by atoms with Gasteiger partial charge < -0.3 is 10.2 Å². The van der Waals surface area contributed by atoms with Gasteiger partial charge in [-0.3, -0.25) is 13.9 Å². The van der Waals surface area contributed by atoms with Crippen LogP contribution in [0.25, 0.3) is 0 Å². The SMILES string of the molecule is Cc1ccc(S(=O)(=O)N(CC(=O)N(Cc2ccc(Br)cc2)[C@@H](Cc2ccccc2)C(=O)NC2CCCC2)c2ccc(C)c(C)c2)cc1. The fourth-order valence-corrected chi connectivity index (χ4v) is 7.63. The van der Waals surface area contributed by atoms with E-state index in [4.69, 9.17) is 0 Å². The molecule has 0 spiro atoms. The standard InChI is InChI=1S/C38H42BrN3O4S/c1-27-13-21-35(22-14-27)47(45,46)42(34-20-15-28(2)29(3)23-34)26-37(43)41(25-31-16-18-32(39)19-17-31)36(24-30-9-5-4-6-10-30)38(44)40-33-11-7-8-12-33/h4-6,9-10,13-23,33,36H,7-8,11-12,24-26H2,1-3H3,(H,40,44)/t36-/m0/s1. The van der Waals surface area contributed by atoms with Crippen LogP contribution in [0.5, 0.6) is 0 Å². The van der Waals surface area contributed by atoms with Crippen LogP contribution in [-0.2, 0) is 32.6 Å². The first-order chi connectivity index (χ1) is 22.5. The largest absolute Gasteiger partial charge is 0.352 e. The Balaban J connectivity index is 1.57. The Bertz CT molecular complexity index is 1790. The van der Waals surface area contributed by atoms with Crippen LogP contribution in [0.2, 0.25) is 0 Å². The Morgan fingerprint density at radius 3 is 2.13 bits per heavy atom. The van der Waals surface area contributed by atoms with E-state index in [1.165, 1.54) is 4.31 Å². The summed E-state index contributed by atoms with van der Waals surface area (Å²) in [6.07, 6.45) is 4.20. The molecule has 0 aromatic heterocycles. The maximum Gasteiger partial charge on any atom is 0.264 e. The quantitative estimate of drug-likeness (QED) is 0.167. The number of nitrogens with one attached hydrogen (secondary N) is 1. The number of hydrogen-bond acceptors (Lipinski definition) is 4. The Morgan fingerprint density at radius 2 is 1.49 bits per heavy atom. The van der Waals surface area contributed by atoms with Crippen molar-refractivity contribution in [2.45, 2.75) is 76.4 Å². The van der Waals surface area contributed by atoms with E-state index in [1.54, 1.807) is 41.3 Å². The fraction of sp³-hybridized carbons (Fsp3) is 0.316. The van der Waals surface area contributed by atoms with Gasteiger partial charge in [-0.15, -0.1) is 0 Å². The molecule has 0 heterocycles. The van der Waals surface area contributed by atoms with E-state index in [-0.39, 0.29) is 29.8 Å². The first-order valence-corrected chi connectivity index (χ1v) is 18.3. The van der Waals surface area contributed by atoms with E-state index in [0.717, 1.165) is 58.0 Å². The molecule has 1 aliphatic rings. The molecule has 9 heteroatoms. The van der Waals surface area contributed by atoms with E-state index >= 15 is 0 Å². The Labute approximate surface area is 287 Å². The molecule has 47 heavy (non-hydrogen) atoms. The third-order valence-electron chi connectivity index (χ3n) is 8.91. The van der Waals surface area contributed by atoms with Crippen molar-refractivity contribution in [1.29, 1.82) is 0 Å². The lowest BCUT2D eigenvalue weighted by Gasteiger charge is -2.34. The van der Waals surface area contributed by atoms with Gasteiger partial charge in [-0.1, -0.05) is 95.0 Å². The predicted molar refractivity (Wildman–Crippen MR) is 191 cm³/mol. The molecule has 0 saturated heterocycles. The zero-order valence-corrected chi connectivity index (χ0v) is 29.6. The summed E-state index contributed by atoms with van der Waals surface area (Å²) in [4.78, 5) is 30.5. The van der Waals surface area contributed by atoms with Gasteiger partial charge >= 0.3 is 0 Å². The topological polar surface area (TPSA) is 86.8 Å². The van der Waals surface area contributed by atoms with Crippen LogP contribution in [-0.4, -0.2) is 43.8 Å². The molecule has 1 aliphatic carbocycles. The molecule has 0 bridgehead atoms. The first-order valence-electron chi connectivity index (χ1n) is 16.1. The lowest BCUT2D eigenvalue weighted by molar-refractivity contribution is -0.140. The Morgan fingerprint density at radius 1 is 0.830 bits per heavy atom. The highest BCUT2D eigenvalue weighted by atomic mass is 79.9. The van der Waals surface area contributed by atoms with Crippen LogP contribution in [0.4, 0.5) is 5.69 Å². The number of aryl methyl sites for hydroxylation is 3. The van der Waals surface area contributed by atoms with Crippen molar-refractivity contribution in [2.75, 3.05) is 10.8 Å². The monoisotopic (exact) mass is 715 g/mol. The highest BCUT2D eigenvalue weighted by molar-refractivity contribution is 9.10. The van der Waals surface area contributed by atoms with Gasteiger partial charge in [-0.2, -0.15) is 0 Å². The minimum Gasteiger partial charge on any atom is -0.352 e. The van der Waals surface area contributed by atoms with Crippen molar-refractivity contribution in [1.82, 2.24) is 10.2 Å². The van der Waals surface area contributed by atoms with Gasteiger partial charge in [0.15, 0.2) is 0 Å². The lowest BCUT2D eigenvalue weighted by atomic mass is 10.0. The van der Waals surface area contributed by atoms with Crippen molar-refractivity contribution in [3.05, 3.63) is 129 Å². The number of halogens is 1. The van der Waals surface area contributed by atoms with Gasteiger partial charge in [0, 0.05) is 23.5 Å². The summed E-state index contributed by atoms with van der Waals surface area (Å²) in [6.45, 7) is 5.43. The van der Waals surface area contributed by atoms with Crippen LogP contribution in [0.1, 0.15) is 53.5 Å². The zero-order chi connectivity index (χ0) is 33.6. The molecule has 0 unspecified atom stereocenters. The van der Waals surface area contributed by atoms with Crippen LogP contribution in [0, 0.1) is 20.8 Å². The van der Waals surface area contributed by atoms with E-state index in [1.807, 2.05) is 81.4 Å². The molecule has 5 rings (SSSR count). The van der Waals surface area contributed by atoms with Crippen molar-refractivity contribution >= 4 is 43.5 Å². The van der Waals surface area contributed by atoms with Crippen LogP contribution in [0.3, 0.4) is 0 Å². The summed E-state index contributed by atoms with van der Waals surface area (Å²) >= 11 is 3.49. The fourth-order valence-electron chi connectivity index (χ4n) is 5.95. The minimum absolute atomic E-state index is 0.0550. The molecule has 1 atom stereocenters. The van der Waals surface area contributed by atoms with E-state index < -0.39 is 28.5 Å². The molecule has 0 radical (unpaired) electrons. The molecular formula is C38H42BrN3O4S. The van der Waals surface area contributed by atoms with Gasteiger partial charge in [-0.05, 0) is 92.3 Å². The van der Waals surface area contributed by atoms with Crippen molar-refractivity contribution in [3.63, 3.8) is 0 Å². The van der Waals surface area contributed by atoms with Gasteiger partial charge in [0.2, 0.25) is 11.8 Å². The predicted octanol–water partition coefficient (Wildman–Crippen LogP) is 7.27. The number of anilines is 1. The second-order valence-corrected chi connectivity index (χ2v) is 15.2. The number of carbonyl (C=O) groups is 2. The van der Waals surface area contributed by atoms with Crippen LogP contribution >= 0.6 is 15.9 Å². The molecular weight excluding hydrogens is 674 g/mol. The molecule has 7 nitrogen and oxygen atoms in total. The van der Waals surface area contributed by atoms with E-state index in [2.05, 4.69) is 21.2 Å². The smallest absolute Gasteiger partial charge is 0.264 e. The summed E-state index contributed by atoms with van der Waals surface area (Å²) in [5.41, 5.74) is 4.97. The summed E-state index contributed by atoms with van der Waals surface area (Å²) in [5, 5.41) is 3.22. The summed E-state index contributed by atoms with van der Waals surface area (Å²) in [5.74, 6) is -0.699. The number of amides is 2. The Kier molecular flexibility index (Phi) is 11.2. The third-order valence-corrected chi connectivity index (χ3v) is 11.2. The second kappa shape index (κ2) is 15.3. The van der Waals surface area contributed by atoms with Crippen molar-refractivity contribution in [2.24, 2.45) is 0 Å². The number of sulfonamides is 1. The van der Waals surface area contributed by atoms with Crippen LogP contribution in [0.15, 0.2) is 106 Å². The average molecular weight is 717 g/mol. The number of hydrogen-bond donors (Lipinski definition) is 1. The molecule has 1 fully saturated rings. The molecule has 4 aromatic rings. The summed E-state index contributed by atoms with van der Waals surface area (Å²) < 4.78 is 30.6. The van der Waals surface area contributed by atoms with Gasteiger partial charge in [0.05, 0.1) is 10.6 Å². The molecule has 1 saturated carbocycles. The van der Waals surface area contributed by atoms with Gasteiger partial charge in [0.25, 0.3) is 10.0 Å². The maximum absolute atomic E-state index is 14.7. The number of rotatable bonds is 12. The third kappa shape index (κ3) is 8.70.